The summed E-state index contributed by atoms with van der Waals surface area (Å²) in [6.07, 6.45) is 1.04. The maximum absolute atomic E-state index is 9.99. The molecule has 4 nitrogen and oxygen atoms in total. The van der Waals surface area contributed by atoms with E-state index < -0.39 is 6.10 Å². The second kappa shape index (κ2) is 6.20. The van der Waals surface area contributed by atoms with Crippen LogP contribution in [0.4, 0.5) is 0 Å². The van der Waals surface area contributed by atoms with E-state index in [1.807, 2.05) is 6.07 Å². The molecule has 96 valence electrons. The largest absolute Gasteiger partial charge is 0.387 e. The molecule has 0 saturated heterocycles. The Bertz CT molecular complexity index is 482. The number of hydrogen-bond acceptors (Lipinski definition) is 3. The van der Waals surface area contributed by atoms with Crippen LogP contribution >= 0.6 is 23.2 Å². The molecule has 0 fully saturated rings. The van der Waals surface area contributed by atoms with Gasteiger partial charge in [-0.1, -0.05) is 23.2 Å². The third-order valence-corrected chi connectivity index (χ3v) is 2.92. The molecule has 0 amide bonds. The normalized spacial score (nSPS) is 12.6. The minimum atomic E-state index is -0.649. The van der Waals surface area contributed by atoms with Crippen molar-refractivity contribution < 1.29 is 5.11 Å². The first-order valence-corrected chi connectivity index (χ1v) is 6.24. The van der Waals surface area contributed by atoms with Crippen LogP contribution in [0.3, 0.4) is 0 Å². The number of H-pyrrole nitrogens is 1. The highest BCUT2D eigenvalue weighted by atomic mass is 35.5. The van der Waals surface area contributed by atoms with Crippen molar-refractivity contribution in [3.8, 4) is 0 Å². The van der Waals surface area contributed by atoms with Crippen molar-refractivity contribution >= 4 is 23.2 Å². The molecule has 1 atom stereocenters. The van der Waals surface area contributed by atoms with E-state index in [0.29, 0.717) is 28.7 Å². The number of nitrogens with one attached hydrogen (secondary N) is 2. The van der Waals surface area contributed by atoms with Crippen LogP contribution in [0, 0.1) is 0 Å². The van der Waals surface area contributed by atoms with Crippen molar-refractivity contribution in [1.82, 2.24) is 15.5 Å². The molecule has 3 N–H and O–H groups in total. The predicted molar refractivity (Wildman–Crippen MR) is 71.7 cm³/mol. The first kappa shape index (κ1) is 13.4. The summed E-state index contributed by atoms with van der Waals surface area (Å²) in [5.74, 6) is 0. The molecule has 0 aliphatic heterocycles. The van der Waals surface area contributed by atoms with Gasteiger partial charge < -0.3 is 10.4 Å². The molecule has 0 saturated carbocycles. The highest BCUT2D eigenvalue weighted by Gasteiger charge is 2.09. The molecule has 0 radical (unpaired) electrons. The summed E-state index contributed by atoms with van der Waals surface area (Å²) in [5, 5.41) is 20.8. The zero-order valence-corrected chi connectivity index (χ0v) is 11.0. The summed E-state index contributed by atoms with van der Waals surface area (Å²) < 4.78 is 0. The Morgan fingerprint density at radius 2 is 2.00 bits per heavy atom. The lowest BCUT2D eigenvalue weighted by molar-refractivity contribution is 0.174. The first-order chi connectivity index (χ1) is 8.65. The molecule has 1 unspecified atom stereocenters. The van der Waals surface area contributed by atoms with Crippen LogP contribution in [0.15, 0.2) is 30.5 Å². The van der Waals surface area contributed by atoms with E-state index in [1.165, 1.54) is 0 Å². The van der Waals surface area contributed by atoms with Gasteiger partial charge in [0.05, 0.1) is 6.10 Å². The number of rotatable bonds is 5. The highest BCUT2D eigenvalue weighted by molar-refractivity contribution is 6.34. The summed E-state index contributed by atoms with van der Waals surface area (Å²) in [6, 6.07) is 6.92. The minimum absolute atomic E-state index is 0.412. The van der Waals surface area contributed by atoms with E-state index in [1.54, 1.807) is 24.4 Å². The molecule has 2 aromatic rings. The van der Waals surface area contributed by atoms with Crippen molar-refractivity contribution in [3.63, 3.8) is 0 Å². The number of halogens is 2. The summed E-state index contributed by atoms with van der Waals surface area (Å²) in [6.45, 7) is 1.03. The first-order valence-electron chi connectivity index (χ1n) is 5.48. The molecular weight excluding hydrogens is 273 g/mol. The third-order valence-electron chi connectivity index (χ3n) is 2.48. The summed E-state index contributed by atoms with van der Waals surface area (Å²) in [5.41, 5.74) is 1.66. The van der Waals surface area contributed by atoms with E-state index >= 15 is 0 Å². The molecule has 18 heavy (non-hydrogen) atoms. The van der Waals surface area contributed by atoms with E-state index in [4.69, 9.17) is 23.2 Å². The smallest absolute Gasteiger partial charge is 0.0915 e. The Morgan fingerprint density at radius 3 is 2.61 bits per heavy atom. The van der Waals surface area contributed by atoms with E-state index in [9.17, 15) is 5.11 Å². The van der Waals surface area contributed by atoms with Gasteiger partial charge in [-0.2, -0.15) is 5.10 Å². The lowest BCUT2D eigenvalue weighted by Crippen LogP contribution is -2.21. The number of aliphatic hydroxyl groups excluding tert-OH is 1. The van der Waals surface area contributed by atoms with Gasteiger partial charge >= 0.3 is 0 Å². The maximum Gasteiger partial charge on any atom is 0.0915 e. The number of aromatic amines is 1. The molecule has 1 aromatic heterocycles. The van der Waals surface area contributed by atoms with Gasteiger partial charge in [-0.15, -0.1) is 0 Å². The van der Waals surface area contributed by atoms with Gasteiger partial charge in [0, 0.05) is 35.0 Å². The lowest BCUT2D eigenvalue weighted by atomic mass is 10.1. The number of benzene rings is 1. The molecule has 0 aliphatic rings. The Balaban J connectivity index is 1.89. The van der Waals surface area contributed by atoms with Crippen LogP contribution in [0.2, 0.25) is 10.0 Å². The van der Waals surface area contributed by atoms with Gasteiger partial charge in [0.2, 0.25) is 0 Å². The SMILES string of the molecule is OC(CNCc1ccn[nH]1)c1cc(Cl)cc(Cl)c1. The highest BCUT2D eigenvalue weighted by Crippen LogP contribution is 2.23. The van der Waals surface area contributed by atoms with Crippen molar-refractivity contribution in [2.75, 3.05) is 6.54 Å². The second-order valence-electron chi connectivity index (χ2n) is 3.93. The van der Waals surface area contributed by atoms with Crippen LogP contribution in [0.1, 0.15) is 17.4 Å². The summed E-state index contributed by atoms with van der Waals surface area (Å²) in [4.78, 5) is 0. The quantitative estimate of drug-likeness (QED) is 0.791. The van der Waals surface area contributed by atoms with Gasteiger partial charge in [-0.05, 0) is 29.8 Å². The molecule has 1 heterocycles. The lowest BCUT2D eigenvalue weighted by Gasteiger charge is -2.12. The van der Waals surface area contributed by atoms with Gasteiger partial charge in [-0.3, -0.25) is 5.10 Å². The summed E-state index contributed by atoms with van der Waals surface area (Å²) in [7, 11) is 0. The fourth-order valence-corrected chi connectivity index (χ4v) is 2.16. The monoisotopic (exact) mass is 285 g/mol. The Kier molecular flexibility index (Phi) is 4.60. The summed E-state index contributed by atoms with van der Waals surface area (Å²) >= 11 is 11.8. The number of hydrogen-bond donors (Lipinski definition) is 3. The fraction of sp³-hybridized carbons (Fsp3) is 0.250. The molecule has 6 heteroatoms. The topological polar surface area (TPSA) is 60.9 Å². The zero-order valence-electron chi connectivity index (χ0n) is 9.53. The number of aliphatic hydroxyl groups is 1. The second-order valence-corrected chi connectivity index (χ2v) is 4.80. The molecule has 0 spiro atoms. The average Bonchev–Trinajstić information content (AvgIpc) is 2.80. The number of nitrogens with zero attached hydrogens (tertiary/aromatic N) is 1. The van der Waals surface area contributed by atoms with Gasteiger partial charge in [0.1, 0.15) is 0 Å². The average molecular weight is 286 g/mol. The van der Waals surface area contributed by atoms with Crippen molar-refractivity contribution in [2.24, 2.45) is 0 Å². The zero-order chi connectivity index (χ0) is 13.0. The predicted octanol–water partition coefficient (Wildman–Crippen LogP) is 2.54. The van der Waals surface area contributed by atoms with Crippen LogP contribution in [-0.2, 0) is 6.54 Å². The van der Waals surface area contributed by atoms with Crippen LogP contribution in [0.25, 0.3) is 0 Å². The molecule has 0 bridgehead atoms. The van der Waals surface area contributed by atoms with Crippen molar-refractivity contribution in [2.45, 2.75) is 12.6 Å². The van der Waals surface area contributed by atoms with Crippen LogP contribution < -0.4 is 5.32 Å². The third kappa shape index (κ3) is 3.71. The molecular formula is C12H13Cl2N3O. The molecule has 1 aromatic carbocycles. The molecule has 2 rings (SSSR count). The van der Waals surface area contributed by atoms with E-state index in [0.717, 1.165) is 5.69 Å². The van der Waals surface area contributed by atoms with E-state index in [-0.39, 0.29) is 0 Å². The fourth-order valence-electron chi connectivity index (χ4n) is 1.61. The van der Waals surface area contributed by atoms with E-state index in [2.05, 4.69) is 15.5 Å². The minimum Gasteiger partial charge on any atom is -0.387 e. The molecule has 0 aliphatic carbocycles. The van der Waals surface area contributed by atoms with Gasteiger partial charge in [0.25, 0.3) is 0 Å². The number of aromatic nitrogens is 2. The standard InChI is InChI=1S/C12H13Cl2N3O/c13-9-3-8(4-10(14)5-9)12(18)7-15-6-11-1-2-16-17-11/h1-5,12,15,18H,6-7H2,(H,16,17). The van der Waals surface area contributed by atoms with Crippen molar-refractivity contribution in [1.29, 1.82) is 0 Å². The van der Waals surface area contributed by atoms with Gasteiger partial charge in [-0.25, -0.2) is 0 Å². The van der Waals surface area contributed by atoms with Crippen LogP contribution in [0.5, 0.6) is 0 Å². The maximum atomic E-state index is 9.99. The Labute approximate surface area is 115 Å². The van der Waals surface area contributed by atoms with Gasteiger partial charge in [0.15, 0.2) is 0 Å². The van der Waals surface area contributed by atoms with Crippen LogP contribution in [-0.4, -0.2) is 21.8 Å². The Hall–Kier alpha value is -1.07. The Morgan fingerprint density at radius 1 is 1.28 bits per heavy atom. The van der Waals surface area contributed by atoms with Crippen molar-refractivity contribution in [3.05, 3.63) is 51.8 Å².